The molecule has 2 aliphatic rings. The second kappa shape index (κ2) is 8.40. The Morgan fingerprint density at radius 3 is 2.55 bits per heavy atom. The molecule has 3 rings (SSSR count). The average molecular weight is 423 g/mol. The summed E-state index contributed by atoms with van der Waals surface area (Å²) in [6.07, 6.45) is 4.35. The Labute approximate surface area is 169 Å². The maximum atomic E-state index is 12.4. The van der Waals surface area contributed by atoms with E-state index in [2.05, 4.69) is 10.6 Å². The first-order valence-corrected chi connectivity index (χ1v) is 11.4. The molecular weight excluding hydrogens is 398 g/mol. The Kier molecular flexibility index (Phi) is 6.11. The van der Waals surface area contributed by atoms with Gasteiger partial charge in [0.2, 0.25) is 10.0 Å². The Bertz CT molecular complexity index is 924. The molecule has 3 amide bonds. The van der Waals surface area contributed by atoms with Crippen molar-refractivity contribution < 1.29 is 27.5 Å². The number of rotatable bonds is 5. The van der Waals surface area contributed by atoms with Gasteiger partial charge in [-0.25, -0.2) is 18.0 Å². The zero-order chi connectivity index (χ0) is 21.2. The number of ether oxygens (including phenoxy) is 1. The summed E-state index contributed by atoms with van der Waals surface area (Å²) >= 11 is 0. The quantitative estimate of drug-likeness (QED) is 0.689. The second-order valence-corrected chi connectivity index (χ2v) is 9.33. The van der Waals surface area contributed by atoms with Crippen LogP contribution in [0.25, 0.3) is 0 Å². The summed E-state index contributed by atoms with van der Waals surface area (Å²) in [6, 6.07) is 4.06. The number of hydrogen-bond acceptors (Lipinski definition) is 6. The predicted molar refractivity (Wildman–Crippen MR) is 106 cm³/mol. The molecule has 1 heterocycles. The molecule has 1 aliphatic carbocycles. The number of anilines is 1. The molecule has 1 aliphatic heterocycles. The van der Waals surface area contributed by atoms with Gasteiger partial charge in [-0.3, -0.25) is 14.4 Å². The van der Waals surface area contributed by atoms with Crippen molar-refractivity contribution >= 4 is 33.6 Å². The van der Waals surface area contributed by atoms with Crippen molar-refractivity contribution in [3.8, 4) is 0 Å². The minimum Gasteiger partial charge on any atom is -0.449 e. The number of hydrogen-bond donors (Lipinski definition) is 2. The number of fused-ring (bicyclic) bond motifs is 1. The van der Waals surface area contributed by atoms with Gasteiger partial charge in [0.05, 0.1) is 17.5 Å². The van der Waals surface area contributed by atoms with Crippen LogP contribution in [0.2, 0.25) is 0 Å². The maximum Gasteiger partial charge on any atom is 0.338 e. The molecule has 0 aromatic heterocycles. The number of nitrogens with one attached hydrogen (secondary N) is 2. The van der Waals surface area contributed by atoms with Crippen molar-refractivity contribution in [2.75, 3.05) is 17.1 Å². The molecule has 9 nitrogen and oxygen atoms in total. The van der Waals surface area contributed by atoms with Crippen LogP contribution in [0, 0.1) is 0 Å². The fourth-order valence-electron chi connectivity index (χ4n) is 3.63. The molecule has 0 spiro atoms. The standard InChI is InChI=1S/C19H25N3O6S/c1-12(17(23)21-19(25)20-15-5-3-4-6-15)28-18(24)14-7-8-16-13(11-14)9-10-22(16)29(2,26)27/h7-8,11-12,15H,3-6,9-10H2,1-2H3,(H2,20,21,23,25)/t12-/m1/s1. The molecule has 29 heavy (non-hydrogen) atoms. The summed E-state index contributed by atoms with van der Waals surface area (Å²) in [5, 5.41) is 4.92. The summed E-state index contributed by atoms with van der Waals surface area (Å²) in [7, 11) is -3.37. The van der Waals surface area contributed by atoms with Crippen molar-refractivity contribution in [1.82, 2.24) is 10.6 Å². The lowest BCUT2D eigenvalue weighted by molar-refractivity contribution is -0.127. The molecule has 10 heteroatoms. The second-order valence-electron chi connectivity index (χ2n) is 7.42. The van der Waals surface area contributed by atoms with E-state index in [0.717, 1.165) is 37.5 Å². The molecule has 158 valence electrons. The van der Waals surface area contributed by atoms with Crippen LogP contribution in [0.4, 0.5) is 10.5 Å². The van der Waals surface area contributed by atoms with Crippen LogP contribution in [-0.4, -0.2) is 51.3 Å². The third-order valence-electron chi connectivity index (χ3n) is 5.15. The normalized spacial score (nSPS) is 17.5. The van der Waals surface area contributed by atoms with Crippen LogP contribution >= 0.6 is 0 Å². The van der Waals surface area contributed by atoms with Crippen LogP contribution in [-0.2, 0) is 26.0 Å². The topological polar surface area (TPSA) is 122 Å². The van der Waals surface area contributed by atoms with Gasteiger partial charge >= 0.3 is 12.0 Å². The van der Waals surface area contributed by atoms with E-state index in [1.165, 1.54) is 17.3 Å². The van der Waals surface area contributed by atoms with Gasteiger partial charge in [-0.2, -0.15) is 0 Å². The minimum absolute atomic E-state index is 0.0681. The molecule has 1 aromatic rings. The molecule has 0 unspecified atom stereocenters. The molecule has 1 aromatic carbocycles. The number of nitrogens with zero attached hydrogens (tertiary/aromatic N) is 1. The Balaban J connectivity index is 1.57. The number of amides is 3. The van der Waals surface area contributed by atoms with E-state index in [4.69, 9.17) is 4.74 Å². The lowest BCUT2D eigenvalue weighted by Crippen LogP contribution is -2.47. The van der Waals surface area contributed by atoms with E-state index in [0.29, 0.717) is 18.7 Å². The van der Waals surface area contributed by atoms with Crippen molar-refractivity contribution in [3.05, 3.63) is 29.3 Å². The number of esters is 1. The van der Waals surface area contributed by atoms with Gasteiger partial charge in [-0.1, -0.05) is 12.8 Å². The van der Waals surface area contributed by atoms with E-state index < -0.39 is 34.0 Å². The number of imide groups is 1. The van der Waals surface area contributed by atoms with Gasteiger partial charge in [0, 0.05) is 12.6 Å². The number of carbonyl (C=O) groups excluding carboxylic acids is 3. The monoisotopic (exact) mass is 423 g/mol. The fourth-order valence-corrected chi connectivity index (χ4v) is 4.59. The largest absolute Gasteiger partial charge is 0.449 e. The summed E-state index contributed by atoms with van der Waals surface area (Å²) in [4.78, 5) is 36.4. The highest BCUT2D eigenvalue weighted by Gasteiger charge is 2.28. The predicted octanol–water partition coefficient (Wildman–Crippen LogP) is 1.32. The highest BCUT2D eigenvalue weighted by Crippen LogP contribution is 2.31. The van der Waals surface area contributed by atoms with Crippen molar-refractivity contribution in [2.45, 2.75) is 51.2 Å². The molecule has 1 atom stereocenters. The smallest absolute Gasteiger partial charge is 0.338 e. The van der Waals surface area contributed by atoms with Gasteiger partial charge in [-0.15, -0.1) is 0 Å². The van der Waals surface area contributed by atoms with Gasteiger partial charge in [0.1, 0.15) is 0 Å². The van der Waals surface area contributed by atoms with Crippen LogP contribution < -0.4 is 14.9 Å². The average Bonchev–Trinajstić information content (AvgIpc) is 3.29. The van der Waals surface area contributed by atoms with E-state index in [1.54, 1.807) is 12.1 Å². The first kappa shape index (κ1) is 21.1. The first-order valence-electron chi connectivity index (χ1n) is 9.58. The van der Waals surface area contributed by atoms with Crippen LogP contribution in [0.15, 0.2) is 18.2 Å². The SMILES string of the molecule is C[C@@H](OC(=O)c1ccc2c(c1)CCN2S(C)(=O)=O)C(=O)NC(=O)NC1CCCC1. The van der Waals surface area contributed by atoms with Gasteiger partial charge in [0.15, 0.2) is 6.10 Å². The summed E-state index contributed by atoms with van der Waals surface area (Å²) < 4.78 is 30.0. The van der Waals surface area contributed by atoms with Gasteiger partial charge < -0.3 is 10.1 Å². The zero-order valence-electron chi connectivity index (χ0n) is 16.4. The minimum atomic E-state index is -3.37. The molecule has 1 fully saturated rings. The number of sulfonamides is 1. The van der Waals surface area contributed by atoms with Crippen molar-refractivity contribution in [2.24, 2.45) is 0 Å². The molecule has 0 bridgehead atoms. The van der Waals surface area contributed by atoms with Crippen molar-refractivity contribution in [3.63, 3.8) is 0 Å². The highest BCUT2D eigenvalue weighted by atomic mass is 32.2. The fraction of sp³-hybridized carbons (Fsp3) is 0.526. The molecule has 2 N–H and O–H groups in total. The Morgan fingerprint density at radius 1 is 1.21 bits per heavy atom. The first-order chi connectivity index (χ1) is 13.6. The van der Waals surface area contributed by atoms with Crippen LogP contribution in [0.3, 0.4) is 0 Å². The third kappa shape index (κ3) is 5.06. The van der Waals surface area contributed by atoms with Crippen LogP contribution in [0.5, 0.6) is 0 Å². The molecule has 0 saturated heterocycles. The van der Waals surface area contributed by atoms with Crippen LogP contribution in [0.1, 0.15) is 48.5 Å². The number of benzene rings is 1. The van der Waals surface area contributed by atoms with Gasteiger partial charge in [-0.05, 0) is 49.9 Å². The molecule has 0 radical (unpaired) electrons. The highest BCUT2D eigenvalue weighted by molar-refractivity contribution is 7.92. The van der Waals surface area contributed by atoms with E-state index in [1.807, 2.05) is 0 Å². The Hall–Kier alpha value is -2.62. The summed E-state index contributed by atoms with van der Waals surface area (Å²) in [5.41, 5.74) is 1.48. The van der Waals surface area contributed by atoms with Crippen molar-refractivity contribution in [1.29, 1.82) is 0 Å². The molecular formula is C19H25N3O6S. The Morgan fingerprint density at radius 2 is 1.90 bits per heavy atom. The summed E-state index contributed by atoms with van der Waals surface area (Å²) in [6.45, 7) is 1.70. The number of carbonyl (C=O) groups is 3. The van der Waals surface area contributed by atoms with E-state index >= 15 is 0 Å². The third-order valence-corrected chi connectivity index (χ3v) is 6.33. The maximum absolute atomic E-state index is 12.4. The lowest BCUT2D eigenvalue weighted by atomic mass is 10.1. The lowest BCUT2D eigenvalue weighted by Gasteiger charge is -2.17. The number of urea groups is 1. The summed E-state index contributed by atoms with van der Waals surface area (Å²) in [5.74, 6) is -1.43. The van der Waals surface area contributed by atoms with E-state index in [-0.39, 0.29) is 11.6 Å². The van der Waals surface area contributed by atoms with Gasteiger partial charge in [0.25, 0.3) is 5.91 Å². The molecule has 1 saturated carbocycles. The zero-order valence-corrected chi connectivity index (χ0v) is 17.3. The van der Waals surface area contributed by atoms with E-state index in [9.17, 15) is 22.8 Å².